The zero-order valence-corrected chi connectivity index (χ0v) is 11.2. The summed E-state index contributed by atoms with van der Waals surface area (Å²) in [7, 11) is 0. The minimum absolute atomic E-state index is 0.365. The summed E-state index contributed by atoms with van der Waals surface area (Å²) in [5.41, 5.74) is 3.96. The fourth-order valence-electron chi connectivity index (χ4n) is 3.56. The Morgan fingerprint density at radius 3 is 3.25 bits per heavy atom. The molecule has 0 amide bonds. The van der Waals surface area contributed by atoms with Crippen molar-refractivity contribution in [3.8, 4) is 6.07 Å². The van der Waals surface area contributed by atoms with Gasteiger partial charge in [0.15, 0.2) is 0 Å². The average molecular weight is 265 g/mol. The van der Waals surface area contributed by atoms with Crippen LogP contribution in [-0.2, 0) is 23.3 Å². The van der Waals surface area contributed by atoms with E-state index in [-0.39, 0.29) is 5.60 Å². The van der Waals surface area contributed by atoms with E-state index in [1.54, 1.807) is 0 Å². The lowest BCUT2D eigenvalue weighted by atomic mass is 9.78. The molecule has 2 aliphatic rings. The van der Waals surface area contributed by atoms with Crippen molar-refractivity contribution in [3.05, 3.63) is 53.1 Å². The van der Waals surface area contributed by atoms with Gasteiger partial charge in [0, 0.05) is 6.54 Å². The summed E-state index contributed by atoms with van der Waals surface area (Å²) in [6.45, 7) is 1.71. The van der Waals surface area contributed by atoms with E-state index in [2.05, 4.69) is 21.7 Å². The van der Waals surface area contributed by atoms with Gasteiger partial charge in [0.2, 0.25) is 0 Å². The van der Waals surface area contributed by atoms with Crippen molar-refractivity contribution >= 4 is 0 Å². The summed E-state index contributed by atoms with van der Waals surface area (Å²) in [6.07, 6.45) is 6.76. The quantitative estimate of drug-likeness (QED) is 0.734. The Kier molecular flexibility index (Phi) is 2.45. The normalized spacial score (nSPS) is 23.9. The van der Waals surface area contributed by atoms with Gasteiger partial charge in [-0.3, -0.25) is 0 Å². The molecule has 2 aromatic rings. The molecule has 0 aliphatic carbocycles. The summed E-state index contributed by atoms with van der Waals surface area (Å²) < 4.78 is 8.44. The number of hydrogen-bond acceptors (Lipinski definition) is 3. The third-order valence-electron chi connectivity index (χ3n) is 4.44. The molecule has 1 unspecified atom stereocenters. The van der Waals surface area contributed by atoms with Gasteiger partial charge < -0.3 is 9.30 Å². The third kappa shape index (κ3) is 1.47. The van der Waals surface area contributed by atoms with Gasteiger partial charge in [-0.1, -0.05) is 6.07 Å². The topological polar surface area (TPSA) is 50.8 Å². The molecule has 0 bridgehead atoms. The van der Waals surface area contributed by atoms with Crippen molar-refractivity contribution in [1.82, 2.24) is 9.55 Å². The highest BCUT2D eigenvalue weighted by Gasteiger charge is 2.43. The first-order chi connectivity index (χ1) is 9.83. The molecule has 4 rings (SSSR count). The maximum atomic E-state index is 9.07. The third-order valence-corrected chi connectivity index (χ3v) is 4.44. The smallest absolute Gasteiger partial charge is 0.135 e. The van der Waals surface area contributed by atoms with Crippen molar-refractivity contribution < 1.29 is 4.74 Å². The number of ether oxygens (including phenoxy) is 1. The fourth-order valence-corrected chi connectivity index (χ4v) is 3.56. The number of imidazole rings is 1. The first-order valence-corrected chi connectivity index (χ1v) is 7.01. The maximum absolute atomic E-state index is 9.07. The van der Waals surface area contributed by atoms with Crippen LogP contribution in [0, 0.1) is 11.3 Å². The molecule has 100 valence electrons. The van der Waals surface area contributed by atoms with Crippen LogP contribution < -0.4 is 0 Å². The van der Waals surface area contributed by atoms with Crippen LogP contribution in [0.15, 0.2) is 30.7 Å². The summed E-state index contributed by atoms with van der Waals surface area (Å²) in [4.78, 5) is 4.29. The van der Waals surface area contributed by atoms with Gasteiger partial charge in [0.05, 0.1) is 36.5 Å². The van der Waals surface area contributed by atoms with Gasteiger partial charge in [-0.2, -0.15) is 5.26 Å². The van der Waals surface area contributed by atoms with Crippen LogP contribution >= 0.6 is 0 Å². The van der Waals surface area contributed by atoms with Crippen LogP contribution in [0.5, 0.6) is 0 Å². The van der Waals surface area contributed by atoms with Gasteiger partial charge >= 0.3 is 0 Å². The minimum atomic E-state index is -0.365. The zero-order valence-electron chi connectivity index (χ0n) is 11.2. The molecular formula is C16H15N3O. The Morgan fingerprint density at radius 1 is 1.40 bits per heavy atom. The summed E-state index contributed by atoms with van der Waals surface area (Å²) in [6, 6.07) is 8.19. The predicted molar refractivity (Wildman–Crippen MR) is 73.1 cm³/mol. The number of nitrogens with zero attached hydrogens (tertiary/aromatic N) is 3. The molecule has 0 N–H and O–H groups in total. The van der Waals surface area contributed by atoms with Crippen molar-refractivity contribution in [1.29, 1.82) is 5.26 Å². The SMILES string of the molecule is N#Cc1ccc2c(c1)CCOC21CCCn2cncc21. The molecule has 20 heavy (non-hydrogen) atoms. The minimum Gasteiger partial charge on any atom is -0.364 e. The molecule has 0 fully saturated rings. The second-order valence-electron chi connectivity index (χ2n) is 5.49. The predicted octanol–water partition coefficient (Wildman–Crippen LogP) is 2.36. The van der Waals surface area contributed by atoms with E-state index in [1.807, 2.05) is 24.7 Å². The second-order valence-corrected chi connectivity index (χ2v) is 5.49. The lowest BCUT2D eigenvalue weighted by Crippen LogP contribution is -2.41. The number of nitriles is 1. The number of hydrogen-bond donors (Lipinski definition) is 0. The van der Waals surface area contributed by atoms with Crippen molar-refractivity contribution in [2.24, 2.45) is 0 Å². The van der Waals surface area contributed by atoms with Crippen LogP contribution in [-0.4, -0.2) is 16.2 Å². The molecule has 3 heterocycles. The Bertz CT molecular complexity index is 709. The molecular weight excluding hydrogens is 250 g/mol. The van der Waals surface area contributed by atoms with E-state index in [9.17, 15) is 0 Å². The Morgan fingerprint density at radius 2 is 2.35 bits per heavy atom. The molecule has 0 saturated carbocycles. The van der Waals surface area contributed by atoms with Crippen LogP contribution in [0.4, 0.5) is 0 Å². The van der Waals surface area contributed by atoms with Gasteiger partial charge in [-0.05, 0) is 42.5 Å². The highest BCUT2D eigenvalue weighted by Crippen LogP contribution is 2.44. The summed E-state index contributed by atoms with van der Waals surface area (Å²) in [5, 5.41) is 9.07. The largest absolute Gasteiger partial charge is 0.364 e. The van der Waals surface area contributed by atoms with E-state index in [4.69, 9.17) is 10.00 Å². The molecule has 1 aromatic carbocycles. The number of benzene rings is 1. The average Bonchev–Trinajstić information content (AvgIpc) is 2.97. The Balaban J connectivity index is 1.94. The molecule has 0 saturated heterocycles. The first-order valence-electron chi connectivity index (χ1n) is 7.01. The van der Waals surface area contributed by atoms with E-state index < -0.39 is 0 Å². The van der Waals surface area contributed by atoms with E-state index >= 15 is 0 Å². The Hall–Kier alpha value is -2.12. The maximum Gasteiger partial charge on any atom is 0.135 e. The Labute approximate surface area is 117 Å². The van der Waals surface area contributed by atoms with Crippen molar-refractivity contribution in [2.75, 3.05) is 6.61 Å². The number of aromatic nitrogens is 2. The number of fused-ring (bicyclic) bond motifs is 4. The lowest BCUT2D eigenvalue weighted by Gasteiger charge is -2.42. The molecule has 1 aromatic heterocycles. The van der Waals surface area contributed by atoms with Crippen LogP contribution in [0.1, 0.15) is 35.2 Å². The lowest BCUT2D eigenvalue weighted by molar-refractivity contribution is -0.0491. The highest BCUT2D eigenvalue weighted by atomic mass is 16.5. The van der Waals surface area contributed by atoms with Gasteiger partial charge in [0.25, 0.3) is 0 Å². The molecule has 1 atom stereocenters. The molecule has 1 spiro atoms. The zero-order chi connectivity index (χ0) is 13.6. The van der Waals surface area contributed by atoms with Crippen molar-refractivity contribution in [2.45, 2.75) is 31.4 Å². The first kappa shape index (κ1) is 11.7. The standard InChI is InChI=1S/C16H15N3O/c17-9-12-2-3-14-13(8-12)4-7-20-16(14)5-1-6-19-11-18-10-15(16)19/h2-3,8,10-11H,1,4-7H2. The molecule has 4 nitrogen and oxygen atoms in total. The second kappa shape index (κ2) is 4.19. The summed E-state index contributed by atoms with van der Waals surface area (Å²) >= 11 is 0. The molecule has 2 aliphatic heterocycles. The van der Waals surface area contributed by atoms with E-state index in [1.165, 1.54) is 11.1 Å². The number of rotatable bonds is 0. The van der Waals surface area contributed by atoms with E-state index in [0.29, 0.717) is 6.61 Å². The van der Waals surface area contributed by atoms with Gasteiger partial charge in [-0.25, -0.2) is 4.98 Å². The highest BCUT2D eigenvalue weighted by molar-refractivity contribution is 5.46. The monoisotopic (exact) mass is 265 g/mol. The van der Waals surface area contributed by atoms with Crippen LogP contribution in [0.2, 0.25) is 0 Å². The van der Waals surface area contributed by atoms with Crippen LogP contribution in [0.25, 0.3) is 0 Å². The molecule has 4 heteroatoms. The van der Waals surface area contributed by atoms with Gasteiger partial charge in [-0.15, -0.1) is 0 Å². The van der Waals surface area contributed by atoms with Gasteiger partial charge in [0.1, 0.15) is 5.60 Å². The van der Waals surface area contributed by atoms with Crippen molar-refractivity contribution in [3.63, 3.8) is 0 Å². The van der Waals surface area contributed by atoms with Crippen LogP contribution in [0.3, 0.4) is 0 Å². The summed E-state index contributed by atoms with van der Waals surface area (Å²) in [5.74, 6) is 0. The van der Waals surface area contributed by atoms with E-state index in [0.717, 1.165) is 37.1 Å². The molecule has 0 radical (unpaired) electrons. The number of aryl methyl sites for hydroxylation is 1. The fraction of sp³-hybridized carbons (Fsp3) is 0.375.